The Bertz CT molecular complexity index is 91.4. The molecule has 58 valence electrons. The van der Waals surface area contributed by atoms with Crippen molar-refractivity contribution in [2.24, 2.45) is 0 Å². The minimum absolute atomic E-state index is 1.19. The maximum Gasteiger partial charge on any atom is 0.0831 e. The molecule has 0 unspecified atom stereocenters. The molecule has 0 aliphatic rings. The molecule has 0 radical (unpaired) electrons. The van der Waals surface area contributed by atoms with E-state index in [4.69, 9.17) is 10.8 Å². The summed E-state index contributed by atoms with van der Waals surface area (Å²) in [7, 11) is 0. The molecule has 0 aliphatic heterocycles. The van der Waals surface area contributed by atoms with Crippen molar-refractivity contribution in [3.63, 3.8) is 0 Å². The van der Waals surface area contributed by atoms with Crippen molar-refractivity contribution >= 4 is 6.01 Å². The van der Waals surface area contributed by atoms with E-state index in [9.17, 15) is 0 Å². The molecule has 0 fully saturated rings. The highest BCUT2D eigenvalue weighted by Gasteiger charge is 1.77. The lowest BCUT2D eigenvalue weighted by Gasteiger charge is -1.87. The Morgan fingerprint density at radius 2 is 1.90 bits per heavy atom. The molecule has 0 bridgehead atoms. The van der Waals surface area contributed by atoms with Gasteiger partial charge in [-0.25, -0.2) is 10.8 Å². The zero-order valence-corrected chi connectivity index (χ0v) is 6.61. The van der Waals surface area contributed by atoms with Gasteiger partial charge in [0.2, 0.25) is 0 Å². The summed E-state index contributed by atoms with van der Waals surface area (Å²) in [6, 6.07) is 1.25. The van der Waals surface area contributed by atoms with E-state index in [2.05, 4.69) is 13.5 Å². The van der Waals surface area contributed by atoms with Crippen molar-refractivity contribution in [2.75, 3.05) is 0 Å². The van der Waals surface area contributed by atoms with Crippen LogP contribution in [0.15, 0.2) is 12.7 Å². The summed E-state index contributed by atoms with van der Waals surface area (Å²) in [5.41, 5.74) is 0. The molecular formula is C8H16N2. The van der Waals surface area contributed by atoms with Crippen LogP contribution in [0.1, 0.15) is 32.6 Å². The van der Waals surface area contributed by atoms with Crippen molar-refractivity contribution in [1.82, 2.24) is 0 Å². The maximum absolute atomic E-state index is 5.62. The molecule has 0 amide bonds. The van der Waals surface area contributed by atoms with Gasteiger partial charge in [-0.15, -0.1) is 6.58 Å². The van der Waals surface area contributed by atoms with Gasteiger partial charge >= 0.3 is 0 Å². The molecule has 0 aromatic heterocycles. The van der Waals surface area contributed by atoms with Gasteiger partial charge in [-0.1, -0.05) is 25.8 Å². The zero-order valence-electron chi connectivity index (χ0n) is 6.61. The molecule has 0 aromatic rings. The fourth-order valence-corrected chi connectivity index (χ4v) is 0.539. The van der Waals surface area contributed by atoms with Crippen LogP contribution in [0, 0.1) is 10.8 Å². The Labute approximate surface area is 63.0 Å². The summed E-state index contributed by atoms with van der Waals surface area (Å²) in [6.07, 6.45) is 7.16. The average molecular weight is 140 g/mol. The molecule has 2 N–H and O–H groups in total. The summed E-state index contributed by atoms with van der Waals surface area (Å²) >= 11 is 0. The second-order valence-corrected chi connectivity index (χ2v) is 1.91. The van der Waals surface area contributed by atoms with E-state index in [0.29, 0.717) is 0 Å². The van der Waals surface area contributed by atoms with Gasteiger partial charge in [0.1, 0.15) is 0 Å². The van der Waals surface area contributed by atoms with Crippen LogP contribution >= 0.6 is 0 Å². The summed E-state index contributed by atoms with van der Waals surface area (Å²) in [5.74, 6) is 0. The Balaban J connectivity index is 0. The third-order valence-corrected chi connectivity index (χ3v) is 1.01. The van der Waals surface area contributed by atoms with Crippen LogP contribution in [-0.2, 0) is 0 Å². The average Bonchev–Trinajstić information content (AvgIpc) is 1.91. The minimum atomic E-state index is 1.19. The Morgan fingerprint density at radius 3 is 2.20 bits per heavy atom. The Morgan fingerprint density at radius 1 is 1.40 bits per heavy atom. The van der Waals surface area contributed by atoms with Gasteiger partial charge in [-0.05, 0) is 12.8 Å². The molecule has 0 saturated heterocycles. The van der Waals surface area contributed by atoms with Gasteiger partial charge in [0.15, 0.2) is 0 Å². The quantitative estimate of drug-likeness (QED) is 0.342. The molecule has 2 heteroatoms. The van der Waals surface area contributed by atoms with Crippen LogP contribution in [0.3, 0.4) is 0 Å². The summed E-state index contributed by atoms with van der Waals surface area (Å²) in [6.45, 7) is 5.84. The maximum atomic E-state index is 5.62. The van der Waals surface area contributed by atoms with Gasteiger partial charge in [0.05, 0.1) is 6.01 Å². The van der Waals surface area contributed by atoms with E-state index < -0.39 is 0 Å². The molecule has 0 rings (SSSR count). The van der Waals surface area contributed by atoms with Crippen LogP contribution in [0.4, 0.5) is 0 Å². The molecule has 0 spiro atoms. The summed E-state index contributed by atoms with van der Waals surface area (Å²) in [5, 5.41) is 11.2. The van der Waals surface area contributed by atoms with Crippen LogP contribution in [0.5, 0.6) is 0 Å². The van der Waals surface area contributed by atoms with E-state index in [1.165, 1.54) is 31.7 Å². The standard InChI is InChI=1S/C7H14.CH2N2/c1-3-5-7-6-4-2;2-1-3/h3H,1,4-7H2,2H3;2-3H. The summed E-state index contributed by atoms with van der Waals surface area (Å²) < 4.78 is 0. The smallest absolute Gasteiger partial charge is 0.0831 e. The lowest BCUT2D eigenvalue weighted by molar-refractivity contribution is 0.730. The number of allylic oxidation sites excluding steroid dienone is 1. The van der Waals surface area contributed by atoms with Gasteiger partial charge in [-0.3, -0.25) is 0 Å². The first-order chi connectivity index (χ1) is 4.83. The van der Waals surface area contributed by atoms with Gasteiger partial charge in [-0.2, -0.15) is 0 Å². The van der Waals surface area contributed by atoms with Crippen LogP contribution < -0.4 is 0 Å². The Kier molecular flexibility index (Phi) is 18.6. The number of unbranched alkanes of at least 4 members (excludes halogenated alkanes) is 3. The van der Waals surface area contributed by atoms with Gasteiger partial charge in [0, 0.05) is 0 Å². The fourth-order valence-electron chi connectivity index (χ4n) is 0.539. The first-order valence-corrected chi connectivity index (χ1v) is 3.52. The highest BCUT2D eigenvalue weighted by Crippen LogP contribution is 1.97. The zero-order chi connectivity index (χ0) is 8.24. The van der Waals surface area contributed by atoms with Crippen molar-refractivity contribution < 1.29 is 0 Å². The number of hydrogen-bond acceptors (Lipinski definition) is 2. The monoisotopic (exact) mass is 140 g/mol. The molecule has 0 heterocycles. The molecule has 2 nitrogen and oxygen atoms in total. The van der Waals surface area contributed by atoms with Gasteiger partial charge in [0.25, 0.3) is 0 Å². The van der Waals surface area contributed by atoms with Crippen molar-refractivity contribution in [2.45, 2.75) is 32.6 Å². The van der Waals surface area contributed by atoms with E-state index >= 15 is 0 Å². The minimum Gasteiger partial charge on any atom is -0.242 e. The first-order valence-electron chi connectivity index (χ1n) is 3.52. The molecule has 0 aromatic carbocycles. The normalized spacial score (nSPS) is 6.90. The molecule has 0 aliphatic carbocycles. The van der Waals surface area contributed by atoms with Gasteiger partial charge < -0.3 is 0 Å². The van der Waals surface area contributed by atoms with E-state index in [1.807, 2.05) is 6.08 Å². The van der Waals surface area contributed by atoms with Crippen LogP contribution in [-0.4, -0.2) is 6.01 Å². The third kappa shape index (κ3) is 27.4. The van der Waals surface area contributed by atoms with Crippen molar-refractivity contribution in [3.8, 4) is 0 Å². The molecule has 10 heavy (non-hydrogen) atoms. The number of nitrogens with one attached hydrogen (secondary N) is 2. The summed E-state index contributed by atoms with van der Waals surface area (Å²) in [4.78, 5) is 0. The number of hydrogen-bond donors (Lipinski definition) is 2. The molecule has 0 atom stereocenters. The highest BCUT2D eigenvalue weighted by molar-refractivity contribution is 5.29. The molecule has 0 saturated carbocycles. The van der Waals surface area contributed by atoms with Crippen molar-refractivity contribution in [3.05, 3.63) is 12.7 Å². The fraction of sp³-hybridized carbons (Fsp3) is 0.625. The van der Waals surface area contributed by atoms with E-state index in [0.717, 1.165) is 0 Å². The molecular weight excluding hydrogens is 124 g/mol. The predicted octanol–water partition coefficient (Wildman–Crippen LogP) is 3.07. The Hall–Kier alpha value is -0.880. The SMILES string of the molecule is C=CCCCCC.N=C=N. The lowest BCUT2D eigenvalue weighted by Crippen LogP contribution is -1.67. The van der Waals surface area contributed by atoms with E-state index in [1.54, 1.807) is 0 Å². The largest absolute Gasteiger partial charge is 0.242 e. The second-order valence-electron chi connectivity index (χ2n) is 1.91. The highest BCUT2D eigenvalue weighted by atomic mass is 14.4. The lowest BCUT2D eigenvalue weighted by atomic mass is 10.2. The predicted molar refractivity (Wildman–Crippen MR) is 44.8 cm³/mol. The second kappa shape index (κ2) is 15.7. The number of rotatable bonds is 4. The topological polar surface area (TPSA) is 47.7 Å². The van der Waals surface area contributed by atoms with Crippen molar-refractivity contribution in [1.29, 1.82) is 10.8 Å². The van der Waals surface area contributed by atoms with E-state index in [-0.39, 0.29) is 0 Å². The van der Waals surface area contributed by atoms with Crippen LogP contribution in [0.2, 0.25) is 0 Å². The first kappa shape index (κ1) is 11.9. The van der Waals surface area contributed by atoms with Crippen LogP contribution in [0.25, 0.3) is 0 Å². The third-order valence-electron chi connectivity index (χ3n) is 1.01.